The fourth-order valence-electron chi connectivity index (χ4n) is 10.0. The predicted octanol–water partition coefficient (Wildman–Crippen LogP) is -7.27. The lowest BCUT2D eigenvalue weighted by Crippen LogP contribution is -2.62. The zero-order chi connectivity index (χ0) is 70.0. The number of carbonyl (C=O) groups excluding carboxylic acids is 12. The number of nitrogens with zero attached hydrogens (tertiary/aromatic N) is 2. The topological polar surface area (TPSA) is 533 Å². The second-order valence-corrected chi connectivity index (χ2v) is 23.6. The number of rotatable bonds is 38. The van der Waals surface area contributed by atoms with Gasteiger partial charge in [0.25, 0.3) is 0 Å². The van der Waals surface area contributed by atoms with Crippen LogP contribution in [0.2, 0.25) is 0 Å². The molecule has 2 aliphatic heterocycles. The SMILES string of the molecule is CC[C@H](C)[C@H](NC(=O)[C@H](CO)NC(=O)[C@H](CCC(=O)O)NC(=O)[C@H](CO)NC(=O)[C@H](Cc1ccccc1)NC(=O)[C@H](CS)NC(=O)[C@H](CC(C)C)NC(=O)[C@H](CO)NC(=O)[C@H](C)N)C(=O)N1CCC[C@H]1C(=O)N[C@H](C(=O)N1CCC[C@H]1C(=O)N[C@@H](CO)C(=O)O)[C@@H](C)O. The smallest absolute Gasteiger partial charge is 0.328 e. The number of nitrogens with one attached hydrogen (secondary N) is 10. The molecule has 3 rings (SSSR count). The van der Waals surface area contributed by atoms with E-state index >= 15 is 0 Å². The molecular weight excluding hydrogens is 1250 g/mol. The van der Waals surface area contributed by atoms with Crippen molar-refractivity contribution >= 4 is 95.5 Å². The van der Waals surface area contributed by atoms with E-state index in [1.807, 2.05) is 0 Å². The predicted molar refractivity (Wildman–Crippen MR) is 330 cm³/mol. The van der Waals surface area contributed by atoms with Crippen molar-refractivity contribution in [2.24, 2.45) is 17.6 Å². The highest BCUT2D eigenvalue weighted by Crippen LogP contribution is 2.24. The van der Waals surface area contributed by atoms with Crippen molar-refractivity contribution in [3.8, 4) is 0 Å². The van der Waals surface area contributed by atoms with E-state index in [1.165, 1.54) is 13.8 Å². The van der Waals surface area contributed by atoms with E-state index in [0.29, 0.717) is 12.0 Å². The second kappa shape index (κ2) is 38.8. The highest BCUT2D eigenvalue weighted by Gasteiger charge is 2.45. The molecule has 520 valence electrons. The number of amides is 12. The molecule has 2 saturated heterocycles. The monoisotopic (exact) mass is 1340 g/mol. The first kappa shape index (κ1) is 79.1. The highest BCUT2D eigenvalue weighted by atomic mass is 32.1. The molecule has 2 fully saturated rings. The number of nitrogens with two attached hydrogens (primary N) is 1. The van der Waals surface area contributed by atoms with E-state index in [2.05, 4.69) is 65.8 Å². The van der Waals surface area contributed by atoms with Gasteiger partial charge >= 0.3 is 11.9 Å². The minimum Gasteiger partial charge on any atom is -0.481 e. The molecule has 15 atom stereocenters. The number of carboxylic acid groups (broad SMARTS) is 2. The van der Waals surface area contributed by atoms with Crippen molar-refractivity contribution in [1.82, 2.24) is 63.0 Å². The number of thiol groups is 1. The number of benzene rings is 1. The molecule has 0 spiro atoms. The summed E-state index contributed by atoms with van der Waals surface area (Å²) in [5.41, 5.74) is 6.04. The molecule has 12 amide bonds. The van der Waals surface area contributed by atoms with Gasteiger partial charge < -0.3 is 104 Å². The average Bonchev–Trinajstić information content (AvgIpc) is 1.76. The summed E-state index contributed by atoms with van der Waals surface area (Å²) in [5, 5.41) is 93.5. The van der Waals surface area contributed by atoms with Crippen molar-refractivity contribution in [2.75, 3.05) is 45.3 Å². The van der Waals surface area contributed by atoms with Crippen LogP contribution >= 0.6 is 12.6 Å². The van der Waals surface area contributed by atoms with Gasteiger partial charge in [-0.2, -0.15) is 12.6 Å². The largest absolute Gasteiger partial charge is 0.481 e. The average molecular weight is 1340 g/mol. The molecule has 2 aliphatic rings. The minimum absolute atomic E-state index is 0.00975. The molecule has 0 unspecified atom stereocenters. The van der Waals surface area contributed by atoms with E-state index in [9.17, 15) is 103 Å². The summed E-state index contributed by atoms with van der Waals surface area (Å²) in [5.74, 6) is -16.1. The Hall–Kier alpha value is -8.09. The van der Waals surface area contributed by atoms with Gasteiger partial charge in [0.1, 0.15) is 72.5 Å². The van der Waals surface area contributed by atoms with Crippen LogP contribution in [0.5, 0.6) is 0 Å². The first-order chi connectivity index (χ1) is 43.9. The minimum atomic E-state index is -1.92. The standard InChI is InChI=1S/C58H91N13O21S/c1-7-29(4)44(56(89)70-19-12-16-42(70)55(88)69-45(31(6)76)57(90)71-20-11-15-41(71)54(87)66-39(26-75)58(91)92)68-52(85)38(25-74)64-47(80)33(17-18-43(77)78)60-50(83)37(24-73)65-49(82)35(22-32-13-9-8-10-14-32)62-53(86)40(27-93)67-48(81)34(21-28(2)3)61-51(84)36(23-72)63-46(79)30(5)59/h8-10,13-14,28-31,33-42,44-45,72-76,93H,7,11-12,15-27,59H2,1-6H3,(H,60,83)(H,61,84)(H,62,86)(H,63,79)(H,64,80)(H,65,82)(H,66,87)(H,67,81)(H,68,85)(H,69,88)(H,77,78)(H,91,92)/t29-,30-,31+,33-,34-,35-,36-,37-,38-,39-,40-,41-,42-,44-,45-/m0/s1. The fraction of sp³-hybridized carbons (Fsp3) is 0.655. The van der Waals surface area contributed by atoms with E-state index in [0.717, 1.165) is 9.80 Å². The van der Waals surface area contributed by atoms with Gasteiger partial charge in [0.15, 0.2) is 0 Å². The zero-order valence-corrected chi connectivity index (χ0v) is 53.6. The molecule has 0 aromatic heterocycles. The molecule has 1 aromatic rings. The lowest BCUT2D eigenvalue weighted by molar-refractivity contribution is -0.147. The Morgan fingerprint density at radius 3 is 1.39 bits per heavy atom. The summed E-state index contributed by atoms with van der Waals surface area (Å²) in [6.45, 7) is 5.13. The van der Waals surface area contributed by atoms with E-state index in [-0.39, 0.29) is 63.3 Å². The Morgan fingerprint density at radius 2 is 0.935 bits per heavy atom. The lowest BCUT2D eigenvalue weighted by Gasteiger charge is -2.34. The quantitative estimate of drug-likeness (QED) is 0.0274. The Labute approximate surface area is 542 Å². The molecule has 0 bridgehead atoms. The van der Waals surface area contributed by atoms with Gasteiger partial charge in [0.2, 0.25) is 70.9 Å². The number of aliphatic hydroxyl groups excluding tert-OH is 5. The Bertz CT molecular complexity index is 2780. The van der Waals surface area contributed by atoms with Gasteiger partial charge in [-0.25, -0.2) is 4.79 Å². The molecule has 34 nitrogen and oxygen atoms in total. The van der Waals surface area contributed by atoms with Gasteiger partial charge in [0.05, 0.1) is 38.6 Å². The summed E-state index contributed by atoms with van der Waals surface area (Å²) in [7, 11) is 0. The van der Waals surface area contributed by atoms with Crippen LogP contribution in [0.4, 0.5) is 0 Å². The summed E-state index contributed by atoms with van der Waals surface area (Å²) in [6.07, 6.45) is -2.33. The number of hydrogen-bond donors (Lipinski definition) is 19. The number of carbonyl (C=O) groups is 14. The van der Waals surface area contributed by atoms with E-state index in [1.54, 1.807) is 58.0 Å². The molecule has 35 heteroatoms. The van der Waals surface area contributed by atoms with Gasteiger partial charge in [-0.05, 0) is 69.8 Å². The van der Waals surface area contributed by atoms with Crippen LogP contribution in [-0.4, -0.2) is 258 Å². The van der Waals surface area contributed by atoms with E-state index < -0.39 is 213 Å². The van der Waals surface area contributed by atoms with Crippen LogP contribution in [0.15, 0.2) is 30.3 Å². The Kier molecular flexibility index (Phi) is 33.0. The van der Waals surface area contributed by atoms with Crippen LogP contribution in [-0.2, 0) is 73.5 Å². The van der Waals surface area contributed by atoms with Crippen molar-refractivity contribution in [2.45, 2.75) is 184 Å². The molecular formula is C58H91N13O21S. The normalized spacial score (nSPS) is 18.7. The molecule has 0 radical (unpaired) electrons. The van der Waals surface area contributed by atoms with Gasteiger partial charge in [0, 0.05) is 31.7 Å². The zero-order valence-electron chi connectivity index (χ0n) is 52.7. The molecule has 93 heavy (non-hydrogen) atoms. The van der Waals surface area contributed by atoms with Crippen LogP contribution in [0.1, 0.15) is 98.5 Å². The van der Waals surface area contributed by atoms with Gasteiger partial charge in [-0.3, -0.25) is 62.3 Å². The Balaban J connectivity index is 1.81. The molecule has 0 saturated carbocycles. The van der Waals surface area contributed by atoms with Crippen molar-refractivity contribution in [3.63, 3.8) is 0 Å². The number of likely N-dealkylation sites (tertiary alicyclic amines) is 2. The lowest BCUT2D eigenvalue weighted by atomic mass is 9.96. The van der Waals surface area contributed by atoms with Crippen molar-refractivity contribution in [1.29, 1.82) is 0 Å². The van der Waals surface area contributed by atoms with Crippen LogP contribution < -0.4 is 58.9 Å². The van der Waals surface area contributed by atoms with Crippen molar-refractivity contribution in [3.05, 3.63) is 35.9 Å². The molecule has 19 N–H and O–H groups in total. The molecule has 1 aromatic carbocycles. The number of aliphatic carboxylic acids is 2. The number of hydrogen-bond acceptors (Lipinski definition) is 21. The third-order valence-corrected chi connectivity index (χ3v) is 15.9. The summed E-state index contributed by atoms with van der Waals surface area (Å²) >= 11 is 4.22. The number of aliphatic hydroxyl groups is 5. The molecule has 2 heterocycles. The third kappa shape index (κ3) is 24.1. The fourth-order valence-corrected chi connectivity index (χ4v) is 10.3. The van der Waals surface area contributed by atoms with Crippen LogP contribution in [0, 0.1) is 11.8 Å². The first-order valence-corrected chi connectivity index (χ1v) is 31.1. The maximum absolute atomic E-state index is 14.5. The summed E-state index contributed by atoms with van der Waals surface area (Å²) in [4.78, 5) is 190. The summed E-state index contributed by atoms with van der Waals surface area (Å²) in [6, 6.07) is -11.8. The highest BCUT2D eigenvalue weighted by molar-refractivity contribution is 7.80. The van der Waals surface area contributed by atoms with Gasteiger partial charge in [-0.15, -0.1) is 0 Å². The van der Waals surface area contributed by atoms with E-state index in [4.69, 9.17) is 5.73 Å². The van der Waals surface area contributed by atoms with Crippen LogP contribution in [0.25, 0.3) is 0 Å². The Morgan fingerprint density at radius 1 is 0.527 bits per heavy atom. The second-order valence-electron chi connectivity index (χ2n) is 23.3. The van der Waals surface area contributed by atoms with Crippen LogP contribution in [0.3, 0.4) is 0 Å². The third-order valence-electron chi connectivity index (χ3n) is 15.5. The summed E-state index contributed by atoms with van der Waals surface area (Å²) < 4.78 is 0. The molecule has 0 aliphatic carbocycles. The number of carboxylic acids is 2. The maximum Gasteiger partial charge on any atom is 0.328 e. The van der Waals surface area contributed by atoms with Crippen molar-refractivity contribution < 1.29 is 103 Å². The maximum atomic E-state index is 14.5. The van der Waals surface area contributed by atoms with Gasteiger partial charge in [-0.1, -0.05) is 64.4 Å². The first-order valence-electron chi connectivity index (χ1n) is 30.5.